The summed E-state index contributed by atoms with van der Waals surface area (Å²) in [6.07, 6.45) is 5.12. The van der Waals surface area contributed by atoms with Gasteiger partial charge in [-0.25, -0.2) is 0 Å². The second kappa shape index (κ2) is 4.20. The van der Waals surface area contributed by atoms with Crippen molar-refractivity contribution in [1.82, 2.24) is 5.32 Å². The average molecular weight is 246 g/mol. The van der Waals surface area contributed by atoms with Crippen LogP contribution in [0.3, 0.4) is 0 Å². The highest BCUT2D eigenvalue weighted by atomic mass is 16.1. The normalized spacial score (nSPS) is 38.6. The van der Waals surface area contributed by atoms with Crippen molar-refractivity contribution in [3.8, 4) is 6.07 Å². The molecule has 1 N–H and O–H groups in total. The molecule has 1 fully saturated rings. The van der Waals surface area contributed by atoms with Gasteiger partial charge >= 0.3 is 0 Å². The third kappa shape index (κ3) is 1.80. The molecule has 3 atom stereocenters. The Morgan fingerprint density at radius 3 is 2.61 bits per heavy atom. The highest BCUT2D eigenvalue weighted by molar-refractivity contribution is 6.04. The van der Waals surface area contributed by atoms with Crippen molar-refractivity contribution in [1.29, 1.82) is 5.26 Å². The zero-order chi connectivity index (χ0) is 13.6. The molecule has 0 bridgehead atoms. The van der Waals surface area contributed by atoms with E-state index in [1.165, 1.54) is 0 Å². The van der Waals surface area contributed by atoms with Gasteiger partial charge in [0, 0.05) is 11.5 Å². The number of nitriles is 1. The summed E-state index contributed by atoms with van der Waals surface area (Å²) in [5.74, 6) is 0.370. The van der Waals surface area contributed by atoms with Crippen LogP contribution in [0.1, 0.15) is 40.0 Å². The van der Waals surface area contributed by atoms with Crippen LogP contribution in [0, 0.1) is 28.1 Å². The number of hydrogen-bond donors (Lipinski definition) is 1. The predicted octanol–water partition coefficient (Wildman–Crippen LogP) is 2.44. The molecule has 0 spiro atoms. The van der Waals surface area contributed by atoms with E-state index in [1.54, 1.807) is 0 Å². The highest BCUT2D eigenvalue weighted by Gasteiger charge is 2.53. The number of allylic oxidation sites excluding steroid dienone is 2. The molecule has 3 heteroatoms. The number of rotatable bonds is 1. The van der Waals surface area contributed by atoms with Crippen LogP contribution in [0.25, 0.3) is 0 Å². The Morgan fingerprint density at radius 2 is 2.06 bits per heavy atom. The monoisotopic (exact) mass is 246 g/mol. The van der Waals surface area contributed by atoms with E-state index >= 15 is 0 Å². The van der Waals surface area contributed by atoms with E-state index in [2.05, 4.69) is 18.3 Å². The van der Waals surface area contributed by atoms with Crippen molar-refractivity contribution >= 4 is 5.78 Å². The average Bonchev–Trinajstić information content (AvgIpc) is 2.33. The number of ketones is 1. The van der Waals surface area contributed by atoms with Crippen molar-refractivity contribution in [2.24, 2.45) is 16.7 Å². The number of carbonyl (C=O) groups excluding carboxylic acids is 1. The second-order valence-electron chi connectivity index (χ2n) is 6.55. The number of Topliss-reactive ketones (excluding diaryl/α,β-unsaturated/α-hetero) is 1. The molecule has 2 rings (SSSR count). The van der Waals surface area contributed by atoms with Gasteiger partial charge in [0.25, 0.3) is 0 Å². The van der Waals surface area contributed by atoms with Gasteiger partial charge in [0.15, 0.2) is 5.78 Å². The lowest BCUT2D eigenvalue weighted by Crippen LogP contribution is -2.52. The first-order valence-corrected chi connectivity index (χ1v) is 6.70. The first kappa shape index (κ1) is 13.3. The molecular formula is C15H22N2O. The van der Waals surface area contributed by atoms with E-state index in [0.717, 1.165) is 19.3 Å². The molecule has 0 radical (unpaired) electrons. The van der Waals surface area contributed by atoms with Crippen LogP contribution in [0.2, 0.25) is 0 Å². The third-order valence-corrected chi connectivity index (χ3v) is 4.99. The highest BCUT2D eigenvalue weighted by Crippen LogP contribution is 2.54. The van der Waals surface area contributed by atoms with Crippen molar-refractivity contribution in [3.63, 3.8) is 0 Å². The van der Waals surface area contributed by atoms with E-state index in [9.17, 15) is 4.79 Å². The van der Waals surface area contributed by atoms with Crippen molar-refractivity contribution < 1.29 is 4.79 Å². The summed E-state index contributed by atoms with van der Waals surface area (Å²) in [7, 11) is 1.99. The van der Waals surface area contributed by atoms with E-state index in [1.807, 2.05) is 27.0 Å². The van der Waals surface area contributed by atoms with Crippen molar-refractivity contribution in [2.75, 3.05) is 7.05 Å². The second-order valence-corrected chi connectivity index (χ2v) is 6.55. The largest absolute Gasteiger partial charge is 0.317 e. The first-order valence-electron chi connectivity index (χ1n) is 6.70. The third-order valence-electron chi connectivity index (χ3n) is 4.99. The molecule has 98 valence electrons. The van der Waals surface area contributed by atoms with Crippen LogP contribution in [-0.2, 0) is 4.79 Å². The van der Waals surface area contributed by atoms with Gasteiger partial charge in [0.1, 0.15) is 6.07 Å². The first-order chi connectivity index (χ1) is 8.35. The molecule has 0 aromatic heterocycles. The van der Waals surface area contributed by atoms with E-state index in [0.29, 0.717) is 17.5 Å². The summed E-state index contributed by atoms with van der Waals surface area (Å²) >= 11 is 0. The molecule has 0 aliphatic heterocycles. The quantitative estimate of drug-likeness (QED) is 0.773. The maximum Gasteiger partial charge on any atom is 0.178 e. The number of nitrogens with one attached hydrogen (secondary N) is 1. The molecule has 18 heavy (non-hydrogen) atoms. The maximum absolute atomic E-state index is 12.3. The number of hydrogen-bond acceptors (Lipinski definition) is 3. The minimum atomic E-state index is -0.409. The molecule has 0 amide bonds. The summed E-state index contributed by atoms with van der Waals surface area (Å²) in [6.45, 7) is 6.21. The SMILES string of the molecule is CN[C@@H]1CC[C@@H]2C(C)(C)C(=O)C(C#N)=C[C@@]2(C)C1. The van der Waals surface area contributed by atoms with E-state index in [-0.39, 0.29) is 11.2 Å². The maximum atomic E-state index is 12.3. The number of carbonyl (C=O) groups is 1. The molecule has 0 aromatic carbocycles. The van der Waals surface area contributed by atoms with Crippen LogP contribution < -0.4 is 5.32 Å². The van der Waals surface area contributed by atoms with Gasteiger partial charge in [-0.1, -0.05) is 26.8 Å². The van der Waals surface area contributed by atoms with E-state index in [4.69, 9.17) is 5.26 Å². The van der Waals surface area contributed by atoms with Crippen molar-refractivity contribution in [3.05, 3.63) is 11.6 Å². The van der Waals surface area contributed by atoms with Gasteiger partial charge in [-0.05, 0) is 37.6 Å². The molecular weight excluding hydrogens is 224 g/mol. The molecule has 2 aliphatic rings. The number of fused-ring (bicyclic) bond motifs is 1. The lowest BCUT2D eigenvalue weighted by Gasteiger charge is -2.52. The minimum Gasteiger partial charge on any atom is -0.317 e. The zero-order valence-electron chi connectivity index (χ0n) is 11.7. The Bertz CT molecular complexity index is 444. The fraction of sp³-hybridized carbons (Fsp3) is 0.733. The Balaban J connectivity index is 2.46. The summed E-state index contributed by atoms with van der Waals surface area (Å²) in [5, 5.41) is 12.5. The summed E-state index contributed by atoms with van der Waals surface area (Å²) in [6, 6.07) is 2.58. The van der Waals surface area contributed by atoms with Gasteiger partial charge in [0.05, 0.1) is 5.57 Å². The van der Waals surface area contributed by atoms with Gasteiger partial charge in [-0.15, -0.1) is 0 Å². The molecule has 0 heterocycles. The van der Waals surface area contributed by atoms with Gasteiger partial charge in [-0.2, -0.15) is 5.26 Å². The lowest BCUT2D eigenvalue weighted by molar-refractivity contribution is -0.131. The summed E-state index contributed by atoms with van der Waals surface area (Å²) in [5.41, 5.74) is -0.0858. The fourth-order valence-corrected chi connectivity index (χ4v) is 4.05. The molecule has 0 aromatic rings. The molecule has 2 aliphatic carbocycles. The standard InChI is InChI=1S/C15H22N2O/c1-14(2)12-6-5-11(17-4)8-15(12,3)7-10(9-16)13(14)18/h7,11-12,17H,5-6,8H2,1-4H3/t11-,12-,15+/m1/s1. The fourth-order valence-electron chi connectivity index (χ4n) is 4.05. The topological polar surface area (TPSA) is 52.9 Å². The Labute approximate surface area is 109 Å². The van der Waals surface area contributed by atoms with Gasteiger partial charge in [0.2, 0.25) is 0 Å². The Morgan fingerprint density at radius 1 is 1.39 bits per heavy atom. The molecule has 3 nitrogen and oxygen atoms in total. The Kier molecular flexibility index (Phi) is 3.11. The molecule has 1 saturated carbocycles. The lowest BCUT2D eigenvalue weighted by atomic mass is 9.52. The number of nitrogens with zero attached hydrogens (tertiary/aromatic N) is 1. The van der Waals surface area contributed by atoms with E-state index < -0.39 is 5.41 Å². The van der Waals surface area contributed by atoms with Crippen LogP contribution in [0.4, 0.5) is 0 Å². The minimum absolute atomic E-state index is 0.0235. The van der Waals surface area contributed by atoms with Crippen molar-refractivity contribution in [2.45, 2.75) is 46.1 Å². The van der Waals surface area contributed by atoms with Crippen LogP contribution >= 0.6 is 0 Å². The summed E-state index contributed by atoms with van der Waals surface area (Å²) in [4.78, 5) is 12.3. The van der Waals surface area contributed by atoms with Gasteiger partial charge in [-0.3, -0.25) is 4.79 Å². The van der Waals surface area contributed by atoms with Crippen LogP contribution in [0.5, 0.6) is 0 Å². The predicted molar refractivity (Wildman–Crippen MR) is 70.8 cm³/mol. The molecule has 0 unspecified atom stereocenters. The van der Waals surface area contributed by atoms with Crippen LogP contribution in [-0.4, -0.2) is 18.9 Å². The Hall–Kier alpha value is -1.14. The zero-order valence-corrected chi connectivity index (χ0v) is 11.7. The summed E-state index contributed by atoms with van der Waals surface area (Å²) < 4.78 is 0. The smallest absolute Gasteiger partial charge is 0.178 e. The van der Waals surface area contributed by atoms with Crippen LogP contribution in [0.15, 0.2) is 11.6 Å². The van der Waals surface area contributed by atoms with Gasteiger partial charge < -0.3 is 5.32 Å². The molecule has 0 saturated heterocycles.